The predicted octanol–water partition coefficient (Wildman–Crippen LogP) is 3.16. The molecular formula is C20H42IN5O3. The van der Waals surface area contributed by atoms with Crippen LogP contribution in [0.2, 0.25) is 0 Å². The fourth-order valence-corrected chi connectivity index (χ4v) is 2.33. The maximum Gasteiger partial charge on any atom is 0.407 e. The molecular weight excluding hydrogens is 485 g/mol. The van der Waals surface area contributed by atoms with Crippen LogP contribution in [-0.4, -0.2) is 55.8 Å². The Bertz CT molecular complexity index is 481. The summed E-state index contributed by atoms with van der Waals surface area (Å²) in [5, 5.41) is 12.2. The van der Waals surface area contributed by atoms with E-state index in [-0.39, 0.29) is 35.9 Å². The molecule has 1 atom stereocenters. The Kier molecular flexibility index (Phi) is 18.2. The third-order valence-corrected chi connectivity index (χ3v) is 3.66. The van der Waals surface area contributed by atoms with Gasteiger partial charge in [0.25, 0.3) is 0 Å². The van der Waals surface area contributed by atoms with E-state index in [1.807, 2.05) is 34.6 Å². The number of guanidine groups is 1. The van der Waals surface area contributed by atoms with E-state index < -0.39 is 11.7 Å². The van der Waals surface area contributed by atoms with Gasteiger partial charge in [0.2, 0.25) is 5.91 Å². The van der Waals surface area contributed by atoms with Crippen molar-refractivity contribution in [1.82, 2.24) is 21.3 Å². The standard InChI is InChI=1S/C20H41N5O3.HI/c1-7-10-11-16(15-24-19(27)28-20(4,5)6)25-18(21-9-3)23-14-12-17(26)22-13-8-2;/h16H,7-15H2,1-6H3,(H,22,26)(H,24,27)(H2,21,23,25);1H. The number of hydrogen-bond donors (Lipinski definition) is 4. The fourth-order valence-electron chi connectivity index (χ4n) is 2.33. The maximum atomic E-state index is 11.9. The summed E-state index contributed by atoms with van der Waals surface area (Å²) in [6.45, 7) is 13.9. The fraction of sp³-hybridized carbons (Fsp3) is 0.850. The molecule has 4 N–H and O–H groups in total. The van der Waals surface area contributed by atoms with Crippen molar-refractivity contribution in [3.05, 3.63) is 0 Å². The summed E-state index contributed by atoms with van der Waals surface area (Å²) in [5.41, 5.74) is -0.523. The number of nitrogens with zero attached hydrogens (tertiary/aromatic N) is 1. The van der Waals surface area contributed by atoms with Crippen molar-refractivity contribution < 1.29 is 14.3 Å². The lowest BCUT2D eigenvalue weighted by Gasteiger charge is -2.24. The van der Waals surface area contributed by atoms with E-state index in [1.54, 1.807) is 0 Å². The Labute approximate surface area is 193 Å². The number of nitrogens with one attached hydrogen (secondary N) is 4. The molecule has 0 saturated carbocycles. The number of alkyl carbamates (subject to hydrolysis) is 1. The van der Waals surface area contributed by atoms with E-state index in [1.165, 1.54) is 0 Å². The molecule has 8 nitrogen and oxygen atoms in total. The average molecular weight is 527 g/mol. The number of aliphatic imine (C=N–C) groups is 1. The molecule has 29 heavy (non-hydrogen) atoms. The van der Waals surface area contributed by atoms with Crippen molar-refractivity contribution in [2.24, 2.45) is 4.99 Å². The summed E-state index contributed by atoms with van der Waals surface area (Å²) in [7, 11) is 0. The lowest BCUT2D eigenvalue weighted by atomic mass is 10.1. The van der Waals surface area contributed by atoms with Crippen molar-refractivity contribution in [1.29, 1.82) is 0 Å². The van der Waals surface area contributed by atoms with Crippen LogP contribution in [0.5, 0.6) is 0 Å². The van der Waals surface area contributed by atoms with Crippen molar-refractivity contribution >= 4 is 41.9 Å². The SMILES string of the molecule is CCCCC(CNC(=O)OC(C)(C)C)NC(=NCCC(=O)NCCC)NCC.I. The molecule has 0 aliphatic rings. The van der Waals surface area contributed by atoms with Crippen LogP contribution in [-0.2, 0) is 9.53 Å². The van der Waals surface area contributed by atoms with Crippen LogP contribution in [0.3, 0.4) is 0 Å². The smallest absolute Gasteiger partial charge is 0.407 e. The first-order chi connectivity index (χ1) is 13.2. The number of amides is 2. The minimum atomic E-state index is -0.523. The molecule has 0 bridgehead atoms. The molecule has 0 aliphatic carbocycles. The molecule has 2 amide bonds. The van der Waals surface area contributed by atoms with Gasteiger partial charge < -0.3 is 26.0 Å². The van der Waals surface area contributed by atoms with Crippen LogP contribution in [0.1, 0.15) is 73.6 Å². The maximum absolute atomic E-state index is 11.9. The van der Waals surface area contributed by atoms with Gasteiger partial charge in [-0.05, 0) is 40.5 Å². The number of carbonyl (C=O) groups excluding carboxylic acids is 2. The van der Waals surface area contributed by atoms with E-state index in [0.29, 0.717) is 38.6 Å². The first-order valence-corrected chi connectivity index (χ1v) is 10.5. The summed E-state index contributed by atoms with van der Waals surface area (Å²) in [6.07, 6.45) is 3.84. The first kappa shape index (κ1) is 29.9. The molecule has 0 aromatic rings. The molecule has 0 heterocycles. The van der Waals surface area contributed by atoms with Crippen LogP contribution < -0.4 is 21.3 Å². The van der Waals surface area contributed by atoms with Crippen LogP contribution >= 0.6 is 24.0 Å². The van der Waals surface area contributed by atoms with Crippen LogP contribution in [0.15, 0.2) is 4.99 Å². The van der Waals surface area contributed by atoms with Gasteiger partial charge in [-0.2, -0.15) is 0 Å². The molecule has 9 heteroatoms. The van der Waals surface area contributed by atoms with E-state index in [2.05, 4.69) is 33.2 Å². The number of carbonyl (C=O) groups is 2. The van der Waals surface area contributed by atoms with E-state index >= 15 is 0 Å². The zero-order chi connectivity index (χ0) is 21.4. The first-order valence-electron chi connectivity index (χ1n) is 10.5. The zero-order valence-corrected chi connectivity index (χ0v) is 21.4. The molecule has 0 radical (unpaired) electrons. The van der Waals surface area contributed by atoms with Gasteiger partial charge in [0.1, 0.15) is 5.60 Å². The third kappa shape index (κ3) is 18.5. The van der Waals surface area contributed by atoms with E-state index in [9.17, 15) is 9.59 Å². The Morgan fingerprint density at radius 2 is 1.72 bits per heavy atom. The lowest BCUT2D eigenvalue weighted by Crippen LogP contribution is -2.49. The van der Waals surface area contributed by atoms with Crippen molar-refractivity contribution in [3.63, 3.8) is 0 Å². The van der Waals surface area contributed by atoms with Crippen molar-refractivity contribution in [3.8, 4) is 0 Å². The molecule has 0 fully saturated rings. The Hall–Kier alpha value is -1.26. The molecule has 1 unspecified atom stereocenters. The predicted molar refractivity (Wildman–Crippen MR) is 130 cm³/mol. The molecule has 0 saturated heterocycles. The summed E-state index contributed by atoms with van der Waals surface area (Å²) < 4.78 is 5.30. The van der Waals surface area contributed by atoms with Gasteiger partial charge in [0.15, 0.2) is 5.96 Å². The highest BCUT2D eigenvalue weighted by Crippen LogP contribution is 2.07. The number of hydrogen-bond acceptors (Lipinski definition) is 4. The van der Waals surface area contributed by atoms with E-state index in [4.69, 9.17) is 4.74 Å². The monoisotopic (exact) mass is 527 g/mol. The van der Waals surface area contributed by atoms with Gasteiger partial charge in [-0.3, -0.25) is 9.79 Å². The third-order valence-electron chi connectivity index (χ3n) is 3.66. The number of halogens is 1. The largest absolute Gasteiger partial charge is 0.444 e. The number of unbranched alkanes of at least 4 members (excludes halogenated alkanes) is 1. The minimum Gasteiger partial charge on any atom is -0.444 e. The van der Waals surface area contributed by atoms with Gasteiger partial charge in [-0.25, -0.2) is 4.79 Å². The van der Waals surface area contributed by atoms with Crippen molar-refractivity contribution in [2.75, 3.05) is 26.2 Å². The van der Waals surface area contributed by atoms with Gasteiger partial charge in [0.05, 0.1) is 6.54 Å². The second-order valence-corrected chi connectivity index (χ2v) is 7.73. The molecule has 0 rings (SSSR count). The normalized spacial score (nSPS) is 12.4. The highest BCUT2D eigenvalue weighted by Gasteiger charge is 2.18. The quantitative estimate of drug-likeness (QED) is 0.177. The second-order valence-electron chi connectivity index (χ2n) is 7.73. The Morgan fingerprint density at radius 1 is 1.03 bits per heavy atom. The zero-order valence-electron chi connectivity index (χ0n) is 19.0. The molecule has 0 aliphatic heterocycles. The van der Waals surface area contributed by atoms with Crippen molar-refractivity contribution in [2.45, 2.75) is 85.3 Å². The van der Waals surface area contributed by atoms with Gasteiger partial charge in [-0.1, -0.05) is 26.7 Å². The lowest BCUT2D eigenvalue weighted by molar-refractivity contribution is -0.120. The molecule has 0 aromatic heterocycles. The second kappa shape index (κ2) is 17.6. The number of rotatable bonds is 12. The Balaban J connectivity index is 0. The highest BCUT2D eigenvalue weighted by atomic mass is 127. The number of ether oxygens (including phenoxy) is 1. The summed E-state index contributed by atoms with van der Waals surface area (Å²) in [5.74, 6) is 0.661. The van der Waals surface area contributed by atoms with Crippen LogP contribution in [0.4, 0.5) is 4.79 Å². The van der Waals surface area contributed by atoms with Gasteiger partial charge in [0, 0.05) is 32.1 Å². The summed E-state index contributed by atoms with van der Waals surface area (Å²) >= 11 is 0. The molecule has 172 valence electrons. The van der Waals surface area contributed by atoms with Gasteiger partial charge >= 0.3 is 6.09 Å². The molecule has 0 spiro atoms. The van der Waals surface area contributed by atoms with E-state index in [0.717, 1.165) is 25.7 Å². The van der Waals surface area contributed by atoms with Gasteiger partial charge in [-0.15, -0.1) is 24.0 Å². The highest BCUT2D eigenvalue weighted by molar-refractivity contribution is 14.0. The van der Waals surface area contributed by atoms with Crippen LogP contribution in [0, 0.1) is 0 Å². The van der Waals surface area contributed by atoms with Crippen LogP contribution in [0.25, 0.3) is 0 Å². The minimum absolute atomic E-state index is 0. The topological polar surface area (TPSA) is 104 Å². The molecule has 0 aromatic carbocycles. The Morgan fingerprint density at radius 3 is 2.28 bits per heavy atom. The summed E-state index contributed by atoms with van der Waals surface area (Å²) in [6, 6.07) is 0.0270. The average Bonchev–Trinajstić information content (AvgIpc) is 2.60. The summed E-state index contributed by atoms with van der Waals surface area (Å²) in [4.78, 5) is 28.1.